The van der Waals surface area contributed by atoms with E-state index in [1.807, 2.05) is 29.2 Å². The third-order valence-corrected chi connectivity index (χ3v) is 4.68. The smallest absolute Gasteiger partial charge is 0.159 e. The molecule has 5 heteroatoms. The highest BCUT2D eigenvalue weighted by atomic mass is 19.1. The van der Waals surface area contributed by atoms with Crippen LogP contribution in [0.3, 0.4) is 0 Å². The Balaban J connectivity index is 1.58. The predicted molar refractivity (Wildman–Crippen MR) is 96.3 cm³/mol. The number of carbonyl (C=O) groups is 1. The SMILES string of the molecule is CC(=O)c1ccc(N2CCN(Cc3ccc(CO)cc3)CC2)c(F)c1. The van der Waals surface area contributed by atoms with E-state index in [1.54, 1.807) is 12.1 Å². The number of carbonyl (C=O) groups excluding carboxylic acids is 1. The highest BCUT2D eigenvalue weighted by molar-refractivity contribution is 5.94. The molecule has 25 heavy (non-hydrogen) atoms. The second kappa shape index (κ2) is 7.76. The lowest BCUT2D eigenvalue weighted by molar-refractivity contribution is 0.101. The number of hydrogen-bond donors (Lipinski definition) is 1. The van der Waals surface area contributed by atoms with E-state index in [2.05, 4.69) is 4.90 Å². The number of nitrogens with zero attached hydrogens (tertiary/aromatic N) is 2. The van der Waals surface area contributed by atoms with Crippen LogP contribution >= 0.6 is 0 Å². The van der Waals surface area contributed by atoms with Crippen LogP contribution in [0.5, 0.6) is 0 Å². The summed E-state index contributed by atoms with van der Waals surface area (Å²) < 4.78 is 14.3. The van der Waals surface area contributed by atoms with Crippen LogP contribution in [0.4, 0.5) is 10.1 Å². The van der Waals surface area contributed by atoms with Crippen molar-refractivity contribution in [3.05, 3.63) is 65.0 Å². The Morgan fingerprint density at radius 1 is 1.04 bits per heavy atom. The van der Waals surface area contributed by atoms with Gasteiger partial charge in [-0.2, -0.15) is 0 Å². The summed E-state index contributed by atoms with van der Waals surface area (Å²) in [5, 5.41) is 9.09. The average molecular weight is 342 g/mol. The summed E-state index contributed by atoms with van der Waals surface area (Å²) in [5.74, 6) is -0.455. The average Bonchev–Trinajstić information content (AvgIpc) is 2.63. The molecule has 0 aromatic heterocycles. The number of hydrogen-bond acceptors (Lipinski definition) is 4. The summed E-state index contributed by atoms with van der Waals surface area (Å²) >= 11 is 0. The summed E-state index contributed by atoms with van der Waals surface area (Å²) in [5.41, 5.74) is 3.10. The Hall–Kier alpha value is -2.24. The van der Waals surface area contributed by atoms with Gasteiger partial charge in [0.15, 0.2) is 5.78 Å². The van der Waals surface area contributed by atoms with Crippen molar-refractivity contribution in [2.75, 3.05) is 31.1 Å². The molecule has 1 saturated heterocycles. The van der Waals surface area contributed by atoms with Crippen LogP contribution in [-0.2, 0) is 13.2 Å². The van der Waals surface area contributed by atoms with Gasteiger partial charge in [-0.3, -0.25) is 9.69 Å². The lowest BCUT2D eigenvalue weighted by Crippen LogP contribution is -2.46. The zero-order valence-electron chi connectivity index (χ0n) is 14.4. The minimum Gasteiger partial charge on any atom is -0.392 e. The van der Waals surface area contributed by atoms with E-state index in [4.69, 9.17) is 5.11 Å². The molecule has 2 aromatic rings. The maximum atomic E-state index is 14.3. The molecule has 1 fully saturated rings. The molecule has 0 atom stereocenters. The molecule has 1 aliphatic heterocycles. The fourth-order valence-electron chi connectivity index (χ4n) is 3.14. The number of Topliss-reactive ketones (excluding diaryl/α,β-unsaturated/α-hetero) is 1. The fraction of sp³-hybridized carbons (Fsp3) is 0.350. The van der Waals surface area contributed by atoms with E-state index in [-0.39, 0.29) is 18.2 Å². The molecule has 0 saturated carbocycles. The molecule has 4 nitrogen and oxygen atoms in total. The highest BCUT2D eigenvalue weighted by Crippen LogP contribution is 2.22. The van der Waals surface area contributed by atoms with Gasteiger partial charge in [-0.1, -0.05) is 24.3 Å². The van der Waals surface area contributed by atoms with Crippen molar-refractivity contribution < 1.29 is 14.3 Å². The summed E-state index contributed by atoms with van der Waals surface area (Å²) in [6.07, 6.45) is 0. The number of ketones is 1. The minimum absolute atomic E-state index is 0.0624. The van der Waals surface area contributed by atoms with E-state index >= 15 is 0 Å². The molecule has 0 amide bonds. The van der Waals surface area contributed by atoms with Gasteiger partial charge in [-0.15, -0.1) is 0 Å². The summed E-state index contributed by atoms with van der Waals surface area (Å²) in [6, 6.07) is 12.7. The Kier molecular flexibility index (Phi) is 5.46. The van der Waals surface area contributed by atoms with Crippen molar-refractivity contribution in [2.45, 2.75) is 20.1 Å². The maximum absolute atomic E-state index is 14.3. The van der Waals surface area contributed by atoms with Gasteiger partial charge in [0.2, 0.25) is 0 Å². The van der Waals surface area contributed by atoms with Crippen molar-refractivity contribution in [1.29, 1.82) is 0 Å². The van der Waals surface area contributed by atoms with E-state index in [1.165, 1.54) is 18.6 Å². The molecule has 0 unspecified atom stereocenters. The van der Waals surface area contributed by atoms with E-state index in [0.717, 1.165) is 38.3 Å². The Morgan fingerprint density at radius 3 is 2.24 bits per heavy atom. The number of halogens is 1. The predicted octanol–water partition coefficient (Wildman–Crippen LogP) is 2.84. The number of aliphatic hydroxyl groups excluding tert-OH is 1. The zero-order chi connectivity index (χ0) is 17.8. The maximum Gasteiger partial charge on any atom is 0.159 e. The molecule has 0 spiro atoms. The van der Waals surface area contributed by atoms with Crippen LogP contribution in [0.25, 0.3) is 0 Å². The largest absolute Gasteiger partial charge is 0.392 e. The highest BCUT2D eigenvalue weighted by Gasteiger charge is 2.20. The molecule has 0 aliphatic carbocycles. The second-order valence-corrected chi connectivity index (χ2v) is 6.46. The quantitative estimate of drug-likeness (QED) is 0.849. The van der Waals surface area contributed by atoms with Gasteiger partial charge >= 0.3 is 0 Å². The van der Waals surface area contributed by atoms with Crippen molar-refractivity contribution >= 4 is 11.5 Å². The molecule has 1 heterocycles. The fourth-order valence-corrected chi connectivity index (χ4v) is 3.14. The normalized spacial score (nSPS) is 15.4. The first-order valence-corrected chi connectivity index (χ1v) is 8.53. The Labute approximate surface area is 147 Å². The van der Waals surface area contributed by atoms with Gasteiger partial charge in [0.05, 0.1) is 12.3 Å². The molecular weight excluding hydrogens is 319 g/mol. The van der Waals surface area contributed by atoms with Crippen LogP contribution in [0, 0.1) is 5.82 Å². The van der Waals surface area contributed by atoms with E-state index < -0.39 is 0 Å². The van der Waals surface area contributed by atoms with Crippen molar-refractivity contribution in [2.24, 2.45) is 0 Å². The number of anilines is 1. The van der Waals surface area contributed by atoms with Gasteiger partial charge < -0.3 is 10.0 Å². The molecule has 1 N–H and O–H groups in total. The first-order valence-electron chi connectivity index (χ1n) is 8.53. The van der Waals surface area contributed by atoms with Crippen molar-refractivity contribution in [3.8, 4) is 0 Å². The van der Waals surface area contributed by atoms with E-state index in [9.17, 15) is 9.18 Å². The third kappa shape index (κ3) is 4.24. The zero-order valence-corrected chi connectivity index (χ0v) is 14.4. The molecule has 2 aromatic carbocycles. The minimum atomic E-state index is -0.333. The third-order valence-electron chi connectivity index (χ3n) is 4.68. The van der Waals surface area contributed by atoms with Crippen LogP contribution in [-0.4, -0.2) is 42.0 Å². The Morgan fingerprint density at radius 2 is 1.68 bits per heavy atom. The van der Waals surface area contributed by atoms with Gasteiger partial charge in [0, 0.05) is 38.3 Å². The molecule has 0 bridgehead atoms. The molecule has 132 valence electrons. The summed E-state index contributed by atoms with van der Waals surface area (Å²) in [7, 11) is 0. The van der Waals surface area contributed by atoms with Gasteiger partial charge in [0.1, 0.15) is 5.82 Å². The molecule has 0 radical (unpaired) electrons. The number of rotatable bonds is 5. The lowest BCUT2D eigenvalue weighted by Gasteiger charge is -2.36. The number of piperazine rings is 1. The lowest BCUT2D eigenvalue weighted by atomic mass is 10.1. The summed E-state index contributed by atoms with van der Waals surface area (Å²) in [6.45, 7) is 5.58. The van der Waals surface area contributed by atoms with Crippen molar-refractivity contribution in [3.63, 3.8) is 0 Å². The van der Waals surface area contributed by atoms with Gasteiger partial charge in [0.25, 0.3) is 0 Å². The van der Waals surface area contributed by atoms with Gasteiger partial charge in [-0.05, 0) is 36.2 Å². The standard InChI is InChI=1S/C20H23FN2O2/c1-15(25)18-6-7-20(19(21)12-18)23-10-8-22(9-11-23)13-16-2-4-17(14-24)5-3-16/h2-7,12,24H,8-11,13-14H2,1H3. The molecule has 1 aliphatic rings. The Bertz CT molecular complexity index is 738. The molecular formula is C20H23FN2O2. The van der Waals surface area contributed by atoms with Crippen LogP contribution in [0.15, 0.2) is 42.5 Å². The second-order valence-electron chi connectivity index (χ2n) is 6.46. The van der Waals surface area contributed by atoms with E-state index in [0.29, 0.717) is 11.3 Å². The van der Waals surface area contributed by atoms with Crippen LogP contribution in [0.2, 0.25) is 0 Å². The van der Waals surface area contributed by atoms with Crippen LogP contribution < -0.4 is 4.90 Å². The topological polar surface area (TPSA) is 43.8 Å². The van der Waals surface area contributed by atoms with Crippen LogP contribution in [0.1, 0.15) is 28.4 Å². The first-order chi connectivity index (χ1) is 12.1. The number of benzene rings is 2. The number of aliphatic hydroxyl groups is 1. The monoisotopic (exact) mass is 342 g/mol. The first kappa shape index (κ1) is 17.6. The summed E-state index contributed by atoms with van der Waals surface area (Å²) in [4.78, 5) is 15.7. The molecule has 3 rings (SSSR count). The van der Waals surface area contributed by atoms with Gasteiger partial charge in [-0.25, -0.2) is 4.39 Å². The van der Waals surface area contributed by atoms with Crippen molar-refractivity contribution in [1.82, 2.24) is 4.90 Å².